The van der Waals surface area contributed by atoms with Gasteiger partial charge in [0.2, 0.25) is 0 Å². The maximum atomic E-state index is 6.16. The molecule has 0 nitrogen and oxygen atoms in total. The molecular weight excluding hydrogens is 308 g/mol. The normalized spacial score (nSPS) is 12.4. The number of benzene rings is 2. The Labute approximate surface area is 122 Å². The lowest BCUT2D eigenvalue weighted by molar-refractivity contribution is 0.937. The summed E-state index contributed by atoms with van der Waals surface area (Å²) < 4.78 is 0. The fourth-order valence-corrected chi connectivity index (χ4v) is 3.06. The zero-order valence-corrected chi connectivity index (χ0v) is 12.9. The molecule has 0 aliphatic carbocycles. The molecule has 0 amide bonds. The topological polar surface area (TPSA) is 0 Å². The summed E-state index contributed by atoms with van der Waals surface area (Å²) in [6.45, 7) is 4.18. The van der Waals surface area contributed by atoms with Crippen molar-refractivity contribution < 1.29 is 0 Å². The van der Waals surface area contributed by atoms with Gasteiger partial charge in [0.15, 0.2) is 0 Å². The van der Waals surface area contributed by atoms with Crippen LogP contribution in [-0.4, -0.2) is 0 Å². The van der Waals surface area contributed by atoms with E-state index in [1.54, 1.807) is 0 Å². The van der Waals surface area contributed by atoms with Crippen molar-refractivity contribution in [2.24, 2.45) is 0 Å². The minimum absolute atomic E-state index is 0.305. The molecule has 0 radical (unpaired) electrons. The lowest BCUT2D eigenvalue weighted by atomic mass is 10.00. The second-order valence-electron chi connectivity index (χ2n) is 4.61. The molecule has 1 unspecified atom stereocenters. The average molecular weight is 324 g/mol. The van der Waals surface area contributed by atoms with Gasteiger partial charge in [0.25, 0.3) is 0 Å². The molecule has 0 aliphatic rings. The van der Waals surface area contributed by atoms with Gasteiger partial charge in [-0.2, -0.15) is 0 Å². The monoisotopic (exact) mass is 322 g/mol. The summed E-state index contributed by atoms with van der Waals surface area (Å²) in [7, 11) is 0. The number of halogens is 2. The van der Waals surface area contributed by atoms with Crippen LogP contribution in [0.5, 0.6) is 0 Å². The molecule has 0 aliphatic heterocycles. The van der Waals surface area contributed by atoms with E-state index in [2.05, 4.69) is 60.1 Å². The van der Waals surface area contributed by atoms with Crippen LogP contribution in [0.3, 0.4) is 0 Å². The highest BCUT2D eigenvalue weighted by molar-refractivity contribution is 9.09. The van der Waals surface area contributed by atoms with E-state index >= 15 is 0 Å². The average Bonchev–Trinajstić information content (AvgIpc) is 2.35. The fraction of sp³-hybridized carbons (Fsp3) is 0.250. The fourth-order valence-electron chi connectivity index (χ4n) is 2.00. The van der Waals surface area contributed by atoms with Crippen molar-refractivity contribution in [2.45, 2.75) is 25.1 Å². The highest BCUT2D eigenvalue weighted by atomic mass is 79.9. The summed E-state index contributed by atoms with van der Waals surface area (Å²) >= 11 is 9.93. The van der Waals surface area contributed by atoms with E-state index in [0.717, 1.165) is 17.0 Å². The van der Waals surface area contributed by atoms with Gasteiger partial charge in [0, 0.05) is 9.85 Å². The Bertz CT molecular complexity index is 531. The maximum absolute atomic E-state index is 6.16. The van der Waals surface area contributed by atoms with Crippen molar-refractivity contribution in [1.29, 1.82) is 0 Å². The van der Waals surface area contributed by atoms with Crippen LogP contribution in [-0.2, 0) is 6.42 Å². The van der Waals surface area contributed by atoms with Crippen LogP contribution < -0.4 is 0 Å². The van der Waals surface area contributed by atoms with Crippen molar-refractivity contribution in [1.82, 2.24) is 0 Å². The summed E-state index contributed by atoms with van der Waals surface area (Å²) in [5.74, 6) is 0. The van der Waals surface area contributed by atoms with E-state index in [-0.39, 0.29) is 0 Å². The Balaban J connectivity index is 2.19. The first-order valence-electron chi connectivity index (χ1n) is 6.02. The maximum Gasteiger partial charge on any atom is 0.0438 e. The summed E-state index contributed by atoms with van der Waals surface area (Å²) in [5.41, 5.74) is 5.06. The number of rotatable bonds is 3. The van der Waals surface area contributed by atoms with Crippen LogP contribution in [0, 0.1) is 13.8 Å². The molecule has 1 atom stereocenters. The number of aryl methyl sites for hydroxylation is 1. The minimum atomic E-state index is 0.305. The van der Waals surface area contributed by atoms with Crippen LogP contribution >= 0.6 is 27.5 Å². The van der Waals surface area contributed by atoms with Gasteiger partial charge in [0.1, 0.15) is 0 Å². The highest BCUT2D eigenvalue weighted by Crippen LogP contribution is 2.32. The van der Waals surface area contributed by atoms with Crippen LogP contribution in [0.2, 0.25) is 5.02 Å². The number of hydrogen-bond acceptors (Lipinski definition) is 0. The Morgan fingerprint density at radius 3 is 2.39 bits per heavy atom. The van der Waals surface area contributed by atoms with E-state index in [4.69, 9.17) is 11.6 Å². The molecule has 94 valence electrons. The quantitative estimate of drug-likeness (QED) is 0.642. The third-order valence-corrected chi connectivity index (χ3v) is 4.41. The lowest BCUT2D eigenvalue weighted by Gasteiger charge is -2.14. The molecule has 0 spiro atoms. The second kappa shape index (κ2) is 5.90. The predicted octanol–water partition coefficient (Wildman–Crippen LogP) is 5.64. The van der Waals surface area contributed by atoms with Crippen molar-refractivity contribution in [3.8, 4) is 0 Å². The summed E-state index contributed by atoms with van der Waals surface area (Å²) in [6, 6.07) is 14.8. The molecule has 0 heterocycles. The van der Waals surface area contributed by atoms with Crippen molar-refractivity contribution >= 4 is 27.5 Å². The third kappa shape index (κ3) is 3.15. The molecule has 0 bridgehead atoms. The van der Waals surface area contributed by atoms with E-state index in [1.807, 2.05) is 12.1 Å². The van der Waals surface area contributed by atoms with Crippen LogP contribution in [0.4, 0.5) is 0 Å². The SMILES string of the molecule is Cc1ccc(CC(Br)c2cccc(Cl)c2C)cc1. The molecule has 0 N–H and O–H groups in total. The highest BCUT2D eigenvalue weighted by Gasteiger charge is 2.12. The Hall–Kier alpha value is -0.790. The Morgan fingerprint density at radius 1 is 1.06 bits per heavy atom. The van der Waals surface area contributed by atoms with Crippen LogP contribution in [0.25, 0.3) is 0 Å². The molecule has 0 fully saturated rings. The first-order valence-corrected chi connectivity index (χ1v) is 7.32. The van der Waals surface area contributed by atoms with Gasteiger partial charge in [0.05, 0.1) is 0 Å². The summed E-state index contributed by atoms with van der Waals surface area (Å²) in [5, 5.41) is 0.834. The largest absolute Gasteiger partial charge is 0.0840 e. The molecule has 2 heteroatoms. The van der Waals surface area contributed by atoms with Gasteiger partial charge in [-0.15, -0.1) is 0 Å². The molecule has 2 rings (SSSR count). The van der Waals surface area contributed by atoms with Crippen molar-refractivity contribution in [3.05, 3.63) is 69.7 Å². The molecule has 0 saturated heterocycles. The van der Waals surface area contributed by atoms with Crippen LogP contribution in [0.15, 0.2) is 42.5 Å². The number of hydrogen-bond donors (Lipinski definition) is 0. The molecule has 18 heavy (non-hydrogen) atoms. The first-order chi connectivity index (χ1) is 8.58. The van der Waals surface area contributed by atoms with Crippen LogP contribution in [0.1, 0.15) is 27.1 Å². The molecule has 0 aromatic heterocycles. The Morgan fingerprint density at radius 2 is 1.72 bits per heavy atom. The zero-order valence-electron chi connectivity index (χ0n) is 10.6. The van der Waals surface area contributed by atoms with Gasteiger partial charge >= 0.3 is 0 Å². The summed E-state index contributed by atoms with van der Waals surface area (Å²) in [4.78, 5) is 0.305. The van der Waals surface area contributed by atoms with Gasteiger partial charge < -0.3 is 0 Å². The predicted molar refractivity (Wildman–Crippen MR) is 82.7 cm³/mol. The van der Waals surface area contributed by atoms with Crippen molar-refractivity contribution in [2.75, 3.05) is 0 Å². The minimum Gasteiger partial charge on any atom is -0.0840 e. The molecule has 2 aromatic carbocycles. The first kappa shape index (κ1) is 13.6. The van der Waals surface area contributed by atoms with Gasteiger partial charge in [-0.25, -0.2) is 0 Å². The third-order valence-electron chi connectivity index (χ3n) is 3.18. The van der Waals surface area contributed by atoms with Gasteiger partial charge in [-0.1, -0.05) is 69.5 Å². The van der Waals surface area contributed by atoms with E-state index in [1.165, 1.54) is 16.7 Å². The van der Waals surface area contributed by atoms with Crippen molar-refractivity contribution in [3.63, 3.8) is 0 Å². The smallest absolute Gasteiger partial charge is 0.0438 e. The lowest BCUT2D eigenvalue weighted by Crippen LogP contribution is -1.98. The van der Waals surface area contributed by atoms with Gasteiger partial charge in [-0.05, 0) is 43.0 Å². The molecule has 0 saturated carbocycles. The van der Waals surface area contributed by atoms with E-state index in [0.29, 0.717) is 4.83 Å². The molecular formula is C16H16BrCl. The number of alkyl halides is 1. The standard InChI is InChI=1S/C16H16BrCl/c1-11-6-8-13(9-7-11)10-15(17)14-4-3-5-16(18)12(14)2/h3-9,15H,10H2,1-2H3. The molecule has 2 aromatic rings. The Kier molecular flexibility index (Phi) is 4.47. The zero-order chi connectivity index (χ0) is 13.1. The van der Waals surface area contributed by atoms with Gasteiger partial charge in [-0.3, -0.25) is 0 Å². The van der Waals surface area contributed by atoms with E-state index in [9.17, 15) is 0 Å². The second-order valence-corrected chi connectivity index (χ2v) is 6.12. The van der Waals surface area contributed by atoms with E-state index < -0.39 is 0 Å². The summed E-state index contributed by atoms with van der Waals surface area (Å²) in [6.07, 6.45) is 0.974.